The molecule has 1 amide bonds. The molecule has 2 heterocycles. The van der Waals surface area contributed by atoms with Crippen molar-refractivity contribution in [1.82, 2.24) is 19.8 Å². The molecule has 3 rings (SSSR count). The average molecular weight is 461 g/mol. The third-order valence-electron chi connectivity index (χ3n) is 4.89. The number of amides is 1. The molecule has 7 nitrogen and oxygen atoms in total. The van der Waals surface area contributed by atoms with Gasteiger partial charge < -0.3 is 14.2 Å². The predicted molar refractivity (Wildman–Crippen MR) is 113 cm³/mol. The van der Waals surface area contributed by atoms with Gasteiger partial charge in [-0.15, -0.1) is 0 Å². The lowest BCUT2D eigenvalue weighted by atomic mass is 10.1. The topological polar surface area (TPSA) is 73.4 Å². The first-order valence-electron chi connectivity index (χ1n) is 9.42. The molecule has 2 aromatic heterocycles. The van der Waals surface area contributed by atoms with Gasteiger partial charge in [-0.05, 0) is 66.9 Å². The second-order valence-corrected chi connectivity index (χ2v) is 7.90. The van der Waals surface area contributed by atoms with Crippen LogP contribution in [0.3, 0.4) is 0 Å². The van der Waals surface area contributed by atoms with Crippen LogP contribution in [-0.4, -0.2) is 32.8 Å². The molecule has 0 saturated carbocycles. The van der Waals surface area contributed by atoms with Crippen LogP contribution in [0.2, 0.25) is 0 Å². The zero-order chi connectivity index (χ0) is 21.1. The molecular formula is C21H25BrN4O3. The Hall–Kier alpha value is -2.61. The van der Waals surface area contributed by atoms with Crippen LogP contribution < -0.4 is 4.74 Å². The van der Waals surface area contributed by atoms with Gasteiger partial charge in [-0.1, -0.05) is 11.2 Å². The van der Waals surface area contributed by atoms with E-state index in [0.717, 1.165) is 28.0 Å². The highest BCUT2D eigenvalue weighted by Crippen LogP contribution is 2.22. The molecule has 0 fully saturated rings. The van der Waals surface area contributed by atoms with Crippen molar-refractivity contribution in [2.24, 2.45) is 0 Å². The van der Waals surface area contributed by atoms with Gasteiger partial charge in [0.05, 0.1) is 22.3 Å². The summed E-state index contributed by atoms with van der Waals surface area (Å²) in [6, 6.07) is 5.91. The van der Waals surface area contributed by atoms with Crippen LogP contribution in [0.5, 0.6) is 5.75 Å². The van der Waals surface area contributed by atoms with Crippen molar-refractivity contribution in [3.63, 3.8) is 0 Å². The zero-order valence-corrected chi connectivity index (χ0v) is 18.9. The van der Waals surface area contributed by atoms with E-state index in [4.69, 9.17) is 9.26 Å². The normalized spacial score (nSPS) is 11.0. The molecule has 0 aliphatic rings. The van der Waals surface area contributed by atoms with Crippen molar-refractivity contribution in [2.45, 2.75) is 47.4 Å². The molecule has 0 saturated heterocycles. The number of hydrogen-bond donors (Lipinski definition) is 0. The largest absolute Gasteiger partial charge is 0.489 e. The van der Waals surface area contributed by atoms with Gasteiger partial charge in [-0.3, -0.25) is 9.48 Å². The maximum Gasteiger partial charge on any atom is 0.276 e. The molecule has 29 heavy (non-hydrogen) atoms. The molecule has 0 bridgehead atoms. The van der Waals surface area contributed by atoms with Crippen molar-refractivity contribution in [1.29, 1.82) is 0 Å². The zero-order valence-electron chi connectivity index (χ0n) is 17.3. The fourth-order valence-corrected chi connectivity index (χ4v) is 3.31. The van der Waals surface area contributed by atoms with Crippen LogP contribution >= 0.6 is 15.9 Å². The molecular weight excluding hydrogens is 436 g/mol. The van der Waals surface area contributed by atoms with E-state index in [9.17, 15) is 4.79 Å². The minimum Gasteiger partial charge on any atom is -0.489 e. The first-order chi connectivity index (χ1) is 13.8. The molecule has 0 N–H and O–H groups in total. The maximum atomic E-state index is 13.0. The molecule has 3 aromatic rings. The first kappa shape index (κ1) is 21.1. The Balaban J connectivity index is 1.74. The van der Waals surface area contributed by atoms with Gasteiger partial charge in [0.15, 0.2) is 5.69 Å². The van der Waals surface area contributed by atoms with Crippen molar-refractivity contribution in [3.8, 4) is 5.75 Å². The van der Waals surface area contributed by atoms with E-state index in [1.54, 1.807) is 18.9 Å². The van der Waals surface area contributed by atoms with E-state index in [-0.39, 0.29) is 18.2 Å². The molecule has 0 aliphatic heterocycles. The highest BCUT2D eigenvalue weighted by Gasteiger charge is 2.24. The number of carbonyl (C=O) groups is 1. The van der Waals surface area contributed by atoms with E-state index in [0.29, 0.717) is 17.9 Å². The summed E-state index contributed by atoms with van der Waals surface area (Å²) in [6.07, 6.45) is 1.90. The second-order valence-electron chi connectivity index (χ2n) is 7.04. The number of aryl methyl sites for hydroxylation is 4. The summed E-state index contributed by atoms with van der Waals surface area (Å²) in [5.74, 6) is 1.08. The van der Waals surface area contributed by atoms with E-state index >= 15 is 0 Å². The molecule has 0 spiro atoms. The highest BCUT2D eigenvalue weighted by molar-refractivity contribution is 9.10. The Morgan fingerprint density at radius 1 is 1.28 bits per heavy atom. The standard InChI is InChI=1S/C21H25BrN4O3/c1-6-26-10-18(22)19(23-26)11-25(5)21(27)20-17(15(4)29-24-20)12-28-16-8-7-13(2)14(3)9-16/h7-10H,6,11-12H2,1-5H3. The maximum absolute atomic E-state index is 13.0. The second kappa shape index (κ2) is 8.82. The Labute approximate surface area is 178 Å². The number of hydrogen-bond acceptors (Lipinski definition) is 5. The summed E-state index contributed by atoms with van der Waals surface area (Å²) in [4.78, 5) is 14.6. The lowest BCUT2D eigenvalue weighted by Gasteiger charge is -2.15. The first-order valence-corrected chi connectivity index (χ1v) is 10.2. The fraction of sp³-hybridized carbons (Fsp3) is 0.381. The average Bonchev–Trinajstić information content (AvgIpc) is 3.24. The number of rotatable bonds is 7. The quantitative estimate of drug-likeness (QED) is 0.521. The third kappa shape index (κ3) is 4.70. The van der Waals surface area contributed by atoms with Gasteiger partial charge in [0, 0.05) is 19.8 Å². The van der Waals surface area contributed by atoms with E-state index < -0.39 is 0 Å². The summed E-state index contributed by atoms with van der Waals surface area (Å²) >= 11 is 3.50. The summed E-state index contributed by atoms with van der Waals surface area (Å²) in [5.41, 5.74) is 4.05. The van der Waals surface area contributed by atoms with Crippen LogP contribution in [0, 0.1) is 20.8 Å². The van der Waals surface area contributed by atoms with Crippen LogP contribution in [0.25, 0.3) is 0 Å². The number of halogens is 1. The molecule has 0 aliphatic carbocycles. The minimum atomic E-state index is -0.238. The monoisotopic (exact) mass is 460 g/mol. The van der Waals surface area contributed by atoms with Gasteiger partial charge >= 0.3 is 0 Å². The van der Waals surface area contributed by atoms with Gasteiger partial charge in [0.25, 0.3) is 5.91 Å². The SMILES string of the molecule is CCn1cc(Br)c(CN(C)C(=O)c2noc(C)c2COc2ccc(C)c(C)c2)n1. The molecule has 8 heteroatoms. The third-order valence-corrected chi connectivity index (χ3v) is 5.56. The lowest BCUT2D eigenvalue weighted by molar-refractivity contribution is 0.0770. The van der Waals surface area contributed by atoms with Crippen LogP contribution in [-0.2, 0) is 19.7 Å². The number of benzene rings is 1. The summed E-state index contributed by atoms with van der Waals surface area (Å²) in [7, 11) is 1.72. The van der Waals surface area contributed by atoms with Gasteiger partial charge in [-0.25, -0.2) is 0 Å². The van der Waals surface area contributed by atoms with Gasteiger partial charge in [-0.2, -0.15) is 5.10 Å². The minimum absolute atomic E-state index is 0.209. The van der Waals surface area contributed by atoms with Crippen molar-refractivity contribution >= 4 is 21.8 Å². The molecule has 154 valence electrons. The van der Waals surface area contributed by atoms with Crippen LogP contribution in [0.1, 0.15) is 45.6 Å². The van der Waals surface area contributed by atoms with Crippen molar-refractivity contribution in [3.05, 3.63) is 62.7 Å². The smallest absolute Gasteiger partial charge is 0.276 e. The number of nitrogens with zero attached hydrogens (tertiary/aromatic N) is 4. The van der Waals surface area contributed by atoms with E-state index in [1.165, 1.54) is 5.56 Å². The van der Waals surface area contributed by atoms with Crippen LogP contribution in [0.15, 0.2) is 33.4 Å². The van der Waals surface area contributed by atoms with Crippen molar-refractivity contribution < 1.29 is 14.1 Å². The fourth-order valence-electron chi connectivity index (χ4n) is 2.87. The highest BCUT2D eigenvalue weighted by atomic mass is 79.9. The summed E-state index contributed by atoms with van der Waals surface area (Å²) in [6.45, 7) is 9.21. The Morgan fingerprint density at radius 2 is 2.03 bits per heavy atom. The summed E-state index contributed by atoms with van der Waals surface area (Å²) in [5, 5.41) is 8.45. The number of aromatic nitrogens is 3. The van der Waals surface area contributed by atoms with E-state index in [2.05, 4.69) is 33.1 Å². The van der Waals surface area contributed by atoms with Gasteiger partial charge in [0.1, 0.15) is 18.1 Å². The Morgan fingerprint density at radius 3 is 2.69 bits per heavy atom. The number of ether oxygens (including phenoxy) is 1. The Kier molecular flexibility index (Phi) is 6.42. The molecule has 1 aromatic carbocycles. The van der Waals surface area contributed by atoms with Crippen LogP contribution in [0.4, 0.5) is 0 Å². The molecule has 0 unspecified atom stereocenters. The molecule has 0 atom stereocenters. The van der Waals surface area contributed by atoms with Gasteiger partial charge in [0.2, 0.25) is 0 Å². The Bertz CT molecular complexity index is 1030. The van der Waals surface area contributed by atoms with E-state index in [1.807, 2.05) is 42.9 Å². The lowest BCUT2D eigenvalue weighted by Crippen LogP contribution is -2.28. The predicted octanol–water partition coefficient (Wildman–Crippen LogP) is 4.43. The van der Waals surface area contributed by atoms with Crippen molar-refractivity contribution in [2.75, 3.05) is 7.05 Å². The molecule has 0 radical (unpaired) electrons. The number of carbonyl (C=O) groups excluding carboxylic acids is 1. The summed E-state index contributed by atoms with van der Waals surface area (Å²) < 4.78 is 13.9.